The molecule has 122 valence electrons. The average molecular weight is 293 g/mol. The highest BCUT2D eigenvalue weighted by Crippen LogP contribution is 2.51. The van der Waals surface area contributed by atoms with Crippen LogP contribution in [-0.4, -0.2) is 6.04 Å². The van der Waals surface area contributed by atoms with Crippen LogP contribution in [0.1, 0.15) is 78.6 Å². The van der Waals surface area contributed by atoms with Crippen molar-refractivity contribution in [3.63, 3.8) is 0 Å². The zero-order chi connectivity index (χ0) is 15.0. The van der Waals surface area contributed by atoms with E-state index in [1.807, 2.05) is 0 Å². The van der Waals surface area contributed by atoms with Crippen LogP contribution in [0.25, 0.3) is 0 Å². The van der Waals surface area contributed by atoms with E-state index in [1.54, 1.807) is 0 Å². The molecule has 0 spiro atoms. The maximum absolute atomic E-state index is 5.95. The molecule has 0 aliphatic heterocycles. The summed E-state index contributed by atoms with van der Waals surface area (Å²) in [5, 5.41) is 0. The van der Waals surface area contributed by atoms with E-state index in [0.29, 0.717) is 11.5 Å². The molecule has 3 aliphatic carbocycles. The second kappa shape index (κ2) is 6.20. The van der Waals surface area contributed by atoms with E-state index in [2.05, 4.69) is 26.2 Å². The molecule has 0 saturated heterocycles. The summed E-state index contributed by atoms with van der Waals surface area (Å²) in [6.45, 7) is 7.23. The summed E-state index contributed by atoms with van der Waals surface area (Å²) in [7, 11) is 0. The van der Waals surface area contributed by atoms with Crippen LogP contribution < -0.4 is 11.3 Å². The highest BCUT2D eigenvalue weighted by molar-refractivity contribution is 4.93. The topological polar surface area (TPSA) is 38.0 Å². The lowest BCUT2D eigenvalue weighted by atomic mass is 9.67. The van der Waals surface area contributed by atoms with Crippen molar-refractivity contribution >= 4 is 0 Å². The third-order valence-corrected chi connectivity index (χ3v) is 7.22. The minimum Gasteiger partial charge on any atom is -0.271 e. The molecule has 21 heavy (non-hydrogen) atoms. The van der Waals surface area contributed by atoms with Crippen molar-refractivity contribution in [3.05, 3.63) is 0 Å². The van der Waals surface area contributed by atoms with Gasteiger partial charge in [0, 0.05) is 6.04 Å². The Hall–Kier alpha value is -0.0800. The maximum Gasteiger partial charge on any atom is 0.0241 e. The van der Waals surface area contributed by atoms with Gasteiger partial charge in [-0.15, -0.1) is 0 Å². The van der Waals surface area contributed by atoms with Crippen molar-refractivity contribution in [1.29, 1.82) is 0 Å². The van der Waals surface area contributed by atoms with Gasteiger partial charge in [0.1, 0.15) is 0 Å². The van der Waals surface area contributed by atoms with E-state index in [-0.39, 0.29) is 0 Å². The second-order valence-corrected chi connectivity index (χ2v) is 9.42. The molecule has 2 heteroatoms. The molecule has 0 aromatic rings. The molecule has 0 amide bonds. The summed E-state index contributed by atoms with van der Waals surface area (Å²) in [6, 6.07) is 0.579. The van der Waals surface area contributed by atoms with Gasteiger partial charge in [0.2, 0.25) is 0 Å². The Kier molecular flexibility index (Phi) is 4.66. The number of hydrazine groups is 1. The lowest BCUT2D eigenvalue weighted by molar-refractivity contribution is 0.121. The number of rotatable bonds is 4. The van der Waals surface area contributed by atoms with E-state index in [4.69, 9.17) is 5.84 Å². The molecule has 0 radical (unpaired) electrons. The number of nitrogens with one attached hydrogen (secondary N) is 1. The Bertz CT molecular complexity index is 338. The van der Waals surface area contributed by atoms with Gasteiger partial charge in [0.05, 0.1) is 0 Å². The van der Waals surface area contributed by atoms with Gasteiger partial charge < -0.3 is 0 Å². The Morgan fingerprint density at radius 2 is 1.71 bits per heavy atom. The number of fused-ring (bicyclic) bond motifs is 2. The van der Waals surface area contributed by atoms with E-state index in [0.717, 1.165) is 29.6 Å². The fraction of sp³-hybridized carbons (Fsp3) is 1.00. The Labute approximate surface area is 131 Å². The Morgan fingerprint density at radius 1 is 1.00 bits per heavy atom. The smallest absolute Gasteiger partial charge is 0.0241 e. The normalized spacial score (nSPS) is 41.4. The summed E-state index contributed by atoms with van der Waals surface area (Å²) < 4.78 is 0. The quantitative estimate of drug-likeness (QED) is 0.591. The molecule has 4 unspecified atom stereocenters. The third kappa shape index (κ3) is 3.47. The third-order valence-electron chi connectivity index (χ3n) is 7.22. The van der Waals surface area contributed by atoms with Crippen LogP contribution in [0.4, 0.5) is 0 Å². The maximum atomic E-state index is 5.95. The van der Waals surface area contributed by atoms with Gasteiger partial charge in [-0.25, -0.2) is 0 Å². The van der Waals surface area contributed by atoms with Gasteiger partial charge in [0.15, 0.2) is 0 Å². The molecular formula is C19H36N2. The summed E-state index contributed by atoms with van der Waals surface area (Å²) in [5.74, 6) is 10.8. The second-order valence-electron chi connectivity index (χ2n) is 9.42. The van der Waals surface area contributed by atoms with Crippen LogP contribution in [0.2, 0.25) is 0 Å². The van der Waals surface area contributed by atoms with Crippen LogP contribution >= 0.6 is 0 Å². The zero-order valence-electron chi connectivity index (χ0n) is 14.4. The van der Waals surface area contributed by atoms with Crippen LogP contribution in [0.5, 0.6) is 0 Å². The lowest BCUT2D eigenvalue weighted by Gasteiger charge is -2.40. The molecule has 3 fully saturated rings. The first-order valence-electron chi connectivity index (χ1n) is 9.43. The number of hydrogen-bond donors (Lipinski definition) is 2. The monoisotopic (exact) mass is 292 g/mol. The molecule has 0 aromatic heterocycles. The highest BCUT2D eigenvalue weighted by Gasteiger charge is 2.41. The van der Waals surface area contributed by atoms with Gasteiger partial charge in [0.25, 0.3) is 0 Å². The van der Waals surface area contributed by atoms with Gasteiger partial charge in [-0.1, -0.05) is 27.2 Å². The van der Waals surface area contributed by atoms with Crippen LogP contribution in [0, 0.1) is 35.0 Å². The molecule has 2 nitrogen and oxygen atoms in total. The van der Waals surface area contributed by atoms with Gasteiger partial charge in [-0.2, -0.15) is 0 Å². The summed E-state index contributed by atoms with van der Waals surface area (Å²) >= 11 is 0. The van der Waals surface area contributed by atoms with Crippen molar-refractivity contribution in [2.24, 2.45) is 40.8 Å². The van der Waals surface area contributed by atoms with Gasteiger partial charge in [-0.05, 0) is 86.4 Å². The molecule has 0 aromatic carbocycles. The van der Waals surface area contributed by atoms with Crippen LogP contribution in [-0.2, 0) is 0 Å². The van der Waals surface area contributed by atoms with Gasteiger partial charge >= 0.3 is 0 Å². The SMILES string of the molecule is CC(C)(C)C1CCC(C(CC2CC3CCC2C3)NN)CC1. The van der Waals surface area contributed by atoms with Crippen molar-refractivity contribution in [2.45, 2.75) is 84.6 Å². The van der Waals surface area contributed by atoms with E-state index < -0.39 is 0 Å². The number of nitrogens with two attached hydrogens (primary N) is 1. The lowest BCUT2D eigenvalue weighted by Crippen LogP contribution is -2.44. The molecule has 4 atom stereocenters. The molecular weight excluding hydrogens is 256 g/mol. The summed E-state index contributed by atoms with van der Waals surface area (Å²) in [4.78, 5) is 0. The molecule has 3 N–H and O–H groups in total. The van der Waals surface area contributed by atoms with E-state index in [1.165, 1.54) is 57.8 Å². The highest BCUT2D eigenvalue weighted by atomic mass is 15.2. The average Bonchev–Trinajstić information content (AvgIpc) is 3.06. The molecule has 0 heterocycles. The predicted octanol–water partition coefficient (Wildman–Crippen LogP) is 4.50. The van der Waals surface area contributed by atoms with E-state index in [9.17, 15) is 0 Å². The van der Waals surface area contributed by atoms with Crippen molar-refractivity contribution in [3.8, 4) is 0 Å². The first-order chi connectivity index (χ1) is 9.97. The molecule has 3 rings (SSSR count). The number of hydrogen-bond acceptors (Lipinski definition) is 2. The minimum absolute atomic E-state index is 0.487. The molecule has 2 bridgehead atoms. The first-order valence-corrected chi connectivity index (χ1v) is 9.43. The van der Waals surface area contributed by atoms with Crippen molar-refractivity contribution in [2.75, 3.05) is 0 Å². The standard InChI is InChI=1S/C19H36N2/c1-19(2,3)17-8-6-14(7-9-17)18(21-20)12-16-11-13-4-5-15(16)10-13/h13-18,21H,4-12,20H2,1-3H3. The van der Waals surface area contributed by atoms with Crippen molar-refractivity contribution < 1.29 is 0 Å². The molecule has 3 aliphatic rings. The molecule has 3 saturated carbocycles. The minimum atomic E-state index is 0.487. The van der Waals surface area contributed by atoms with Crippen molar-refractivity contribution in [1.82, 2.24) is 5.43 Å². The Morgan fingerprint density at radius 3 is 2.19 bits per heavy atom. The zero-order valence-corrected chi connectivity index (χ0v) is 14.4. The van der Waals surface area contributed by atoms with Crippen LogP contribution in [0.15, 0.2) is 0 Å². The fourth-order valence-corrected chi connectivity index (χ4v) is 5.78. The van der Waals surface area contributed by atoms with Gasteiger partial charge in [-0.3, -0.25) is 11.3 Å². The van der Waals surface area contributed by atoms with E-state index >= 15 is 0 Å². The predicted molar refractivity (Wildman–Crippen MR) is 89.6 cm³/mol. The summed E-state index contributed by atoms with van der Waals surface area (Å²) in [5.41, 5.74) is 3.70. The first kappa shape index (κ1) is 15.8. The van der Waals surface area contributed by atoms with Crippen LogP contribution in [0.3, 0.4) is 0 Å². The Balaban J connectivity index is 1.51. The fourth-order valence-electron chi connectivity index (χ4n) is 5.78. The summed E-state index contributed by atoms with van der Waals surface area (Å²) in [6.07, 6.45) is 13.0. The largest absolute Gasteiger partial charge is 0.271 e.